The number of aliphatic hydroxyl groups excluding tert-OH is 1. The van der Waals surface area contributed by atoms with Gasteiger partial charge in [-0.1, -0.05) is 32.0 Å². The van der Waals surface area contributed by atoms with Gasteiger partial charge < -0.3 is 5.11 Å². The summed E-state index contributed by atoms with van der Waals surface area (Å²) in [6.07, 6.45) is 0.978. The minimum absolute atomic E-state index is 0.108. The van der Waals surface area contributed by atoms with Gasteiger partial charge >= 0.3 is 0 Å². The van der Waals surface area contributed by atoms with E-state index in [1.54, 1.807) is 12.1 Å². The van der Waals surface area contributed by atoms with Gasteiger partial charge in [0.15, 0.2) is 0 Å². The first-order chi connectivity index (χ1) is 6.65. The van der Waals surface area contributed by atoms with E-state index in [0.29, 0.717) is 12.0 Å². The second kappa shape index (κ2) is 5.11. The zero-order valence-corrected chi connectivity index (χ0v) is 8.70. The minimum atomic E-state index is -0.338. The van der Waals surface area contributed by atoms with Gasteiger partial charge in [0.1, 0.15) is 5.82 Å². The summed E-state index contributed by atoms with van der Waals surface area (Å²) in [4.78, 5) is 0. The third kappa shape index (κ3) is 2.81. The highest BCUT2D eigenvalue weighted by atomic mass is 19.1. The number of halogens is 1. The van der Waals surface area contributed by atoms with Crippen LogP contribution >= 0.6 is 0 Å². The lowest BCUT2D eigenvalue weighted by atomic mass is 9.94. The first-order valence-electron chi connectivity index (χ1n) is 5.06. The van der Waals surface area contributed by atoms with Crippen molar-refractivity contribution in [2.75, 3.05) is 0 Å². The smallest absolute Gasteiger partial charge is 0.126 e. The van der Waals surface area contributed by atoms with E-state index in [-0.39, 0.29) is 17.8 Å². The van der Waals surface area contributed by atoms with E-state index in [2.05, 4.69) is 0 Å². The number of hydrogen-bond acceptors (Lipinski definition) is 1. The molecule has 0 fully saturated rings. The zero-order valence-electron chi connectivity index (χ0n) is 8.70. The van der Waals surface area contributed by atoms with Crippen LogP contribution in [-0.2, 0) is 6.42 Å². The lowest BCUT2D eigenvalue weighted by molar-refractivity contribution is 0.112. The fourth-order valence-electron chi connectivity index (χ4n) is 1.55. The van der Waals surface area contributed by atoms with Crippen LogP contribution in [0, 0.1) is 11.7 Å². The second-order valence-electron chi connectivity index (χ2n) is 3.75. The van der Waals surface area contributed by atoms with Gasteiger partial charge in [0, 0.05) is 0 Å². The van der Waals surface area contributed by atoms with Crippen molar-refractivity contribution in [3.8, 4) is 0 Å². The highest BCUT2D eigenvalue weighted by Gasteiger charge is 2.14. The summed E-state index contributed by atoms with van der Waals surface area (Å²) in [5.74, 6) is -0.0699. The predicted octanol–water partition coefficient (Wildman–Crippen LogP) is 2.78. The van der Waals surface area contributed by atoms with Crippen molar-refractivity contribution in [1.82, 2.24) is 0 Å². The normalized spacial score (nSPS) is 15.1. The predicted molar refractivity (Wildman–Crippen MR) is 55.6 cm³/mol. The van der Waals surface area contributed by atoms with Gasteiger partial charge in [-0.3, -0.25) is 0 Å². The maximum Gasteiger partial charge on any atom is 0.126 e. The standard InChI is InChI=1S/C12H17FO/c1-3-12(14)9(2)8-10-6-4-5-7-11(10)13/h4-7,9,12,14H,3,8H2,1-2H3. The third-order valence-electron chi connectivity index (χ3n) is 2.57. The molecule has 0 aliphatic heterocycles. The number of aliphatic hydroxyl groups is 1. The molecule has 0 aliphatic rings. The van der Waals surface area contributed by atoms with Crippen molar-refractivity contribution in [3.05, 3.63) is 35.6 Å². The number of hydrogen-bond donors (Lipinski definition) is 1. The molecule has 0 amide bonds. The third-order valence-corrected chi connectivity index (χ3v) is 2.57. The van der Waals surface area contributed by atoms with Gasteiger partial charge in [0.05, 0.1) is 6.10 Å². The van der Waals surface area contributed by atoms with E-state index in [9.17, 15) is 9.50 Å². The van der Waals surface area contributed by atoms with Crippen molar-refractivity contribution >= 4 is 0 Å². The molecule has 2 atom stereocenters. The molecule has 1 aromatic rings. The molecule has 14 heavy (non-hydrogen) atoms. The van der Waals surface area contributed by atoms with Crippen LogP contribution in [0.4, 0.5) is 4.39 Å². The monoisotopic (exact) mass is 196 g/mol. The Labute approximate surface area is 84.6 Å². The van der Waals surface area contributed by atoms with Gasteiger partial charge in [0.2, 0.25) is 0 Å². The van der Waals surface area contributed by atoms with Crippen molar-refractivity contribution in [3.63, 3.8) is 0 Å². The quantitative estimate of drug-likeness (QED) is 0.785. The average molecular weight is 196 g/mol. The molecule has 1 aromatic carbocycles. The maximum atomic E-state index is 13.2. The molecule has 0 aromatic heterocycles. The van der Waals surface area contributed by atoms with E-state index in [0.717, 1.165) is 6.42 Å². The Morgan fingerprint density at radius 3 is 2.57 bits per heavy atom. The molecule has 0 saturated carbocycles. The van der Waals surface area contributed by atoms with E-state index in [4.69, 9.17) is 0 Å². The summed E-state index contributed by atoms with van der Waals surface area (Å²) < 4.78 is 13.2. The molecule has 1 rings (SSSR count). The lowest BCUT2D eigenvalue weighted by Crippen LogP contribution is -2.18. The first-order valence-corrected chi connectivity index (χ1v) is 5.06. The van der Waals surface area contributed by atoms with Crippen molar-refractivity contribution in [1.29, 1.82) is 0 Å². The number of rotatable bonds is 4. The molecule has 0 bridgehead atoms. The Morgan fingerprint density at radius 1 is 1.36 bits per heavy atom. The number of benzene rings is 1. The summed E-state index contributed by atoms with van der Waals surface area (Å²) in [5.41, 5.74) is 0.688. The van der Waals surface area contributed by atoms with Gasteiger partial charge in [-0.05, 0) is 30.4 Å². The molecule has 0 saturated heterocycles. The molecule has 2 unspecified atom stereocenters. The van der Waals surface area contributed by atoms with Crippen LogP contribution in [0.15, 0.2) is 24.3 Å². The molecule has 0 aliphatic carbocycles. The maximum absolute atomic E-state index is 13.2. The van der Waals surface area contributed by atoms with Gasteiger partial charge in [0.25, 0.3) is 0 Å². The van der Waals surface area contributed by atoms with E-state index >= 15 is 0 Å². The van der Waals surface area contributed by atoms with Crippen molar-refractivity contribution in [2.24, 2.45) is 5.92 Å². The van der Waals surface area contributed by atoms with Crippen molar-refractivity contribution in [2.45, 2.75) is 32.8 Å². The molecule has 78 valence electrons. The van der Waals surface area contributed by atoms with Crippen LogP contribution in [0.3, 0.4) is 0 Å². The second-order valence-corrected chi connectivity index (χ2v) is 3.75. The lowest BCUT2D eigenvalue weighted by Gasteiger charge is -2.17. The highest BCUT2D eigenvalue weighted by molar-refractivity contribution is 5.17. The Kier molecular flexibility index (Phi) is 4.08. The minimum Gasteiger partial charge on any atom is -0.393 e. The van der Waals surface area contributed by atoms with Crippen molar-refractivity contribution < 1.29 is 9.50 Å². The first kappa shape index (κ1) is 11.2. The molecule has 2 heteroatoms. The molecular formula is C12H17FO. The van der Waals surface area contributed by atoms with E-state index in [1.165, 1.54) is 6.07 Å². The molecule has 0 spiro atoms. The molecule has 1 N–H and O–H groups in total. The van der Waals surface area contributed by atoms with Gasteiger partial charge in [-0.15, -0.1) is 0 Å². The van der Waals surface area contributed by atoms with Crippen LogP contribution in [0.2, 0.25) is 0 Å². The SMILES string of the molecule is CCC(O)C(C)Cc1ccccc1F. The fourth-order valence-corrected chi connectivity index (χ4v) is 1.55. The summed E-state index contributed by atoms with van der Waals surface area (Å²) >= 11 is 0. The van der Waals surface area contributed by atoms with Gasteiger partial charge in [-0.25, -0.2) is 4.39 Å². The van der Waals surface area contributed by atoms with E-state index in [1.807, 2.05) is 19.9 Å². The van der Waals surface area contributed by atoms with E-state index < -0.39 is 0 Å². The van der Waals surface area contributed by atoms with Crippen LogP contribution in [0.25, 0.3) is 0 Å². The topological polar surface area (TPSA) is 20.2 Å². The van der Waals surface area contributed by atoms with Gasteiger partial charge in [-0.2, -0.15) is 0 Å². The Bertz CT molecular complexity index is 285. The Hall–Kier alpha value is -0.890. The largest absolute Gasteiger partial charge is 0.393 e. The summed E-state index contributed by atoms with van der Waals surface area (Å²) in [6.45, 7) is 3.88. The summed E-state index contributed by atoms with van der Waals surface area (Å²) in [6, 6.07) is 6.73. The summed E-state index contributed by atoms with van der Waals surface area (Å²) in [7, 11) is 0. The zero-order chi connectivity index (χ0) is 10.6. The molecule has 0 heterocycles. The highest BCUT2D eigenvalue weighted by Crippen LogP contribution is 2.16. The molecular weight excluding hydrogens is 179 g/mol. The summed E-state index contributed by atoms with van der Waals surface area (Å²) in [5, 5.41) is 9.56. The Balaban J connectivity index is 2.64. The molecule has 0 radical (unpaired) electrons. The van der Waals surface area contributed by atoms with Crippen LogP contribution in [-0.4, -0.2) is 11.2 Å². The van der Waals surface area contributed by atoms with Crippen LogP contribution < -0.4 is 0 Å². The van der Waals surface area contributed by atoms with Crippen LogP contribution in [0.1, 0.15) is 25.8 Å². The fraction of sp³-hybridized carbons (Fsp3) is 0.500. The molecule has 1 nitrogen and oxygen atoms in total. The average Bonchev–Trinajstić information content (AvgIpc) is 2.20. The Morgan fingerprint density at radius 2 is 2.00 bits per heavy atom. The van der Waals surface area contributed by atoms with Crippen LogP contribution in [0.5, 0.6) is 0 Å².